The predicted octanol–water partition coefficient (Wildman–Crippen LogP) is 5.05. The van der Waals surface area contributed by atoms with Crippen molar-refractivity contribution in [3.05, 3.63) is 23.2 Å². The molecule has 0 saturated heterocycles. The molecule has 5 heteroatoms. The maximum Gasteiger partial charge on any atom is 0.256 e. The van der Waals surface area contributed by atoms with Crippen LogP contribution in [0.2, 0.25) is 5.02 Å². The van der Waals surface area contributed by atoms with Crippen LogP contribution in [0.25, 0.3) is 0 Å². The average molecular weight is 342 g/mol. The molecule has 0 saturated carbocycles. The van der Waals surface area contributed by atoms with Crippen molar-refractivity contribution in [2.24, 2.45) is 0 Å². The fourth-order valence-electron chi connectivity index (χ4n) is 2.23. The molecule has 130 valence electrons. The van der Waals surface area contributed by atoms with E-state index in [9.17, 15) is 4.79 Å². The summed E-state index contributed by atoms with van der Waals surface area (Å²) in [6, 6.07) is 5.27. The van der Waals surface area contributed by atoms with Gasteiger partial charge in [-0.2, -0.15) is 0 Å². The molecule has 1 aromatic rings. The molecule has 4 nitrogen and oxygen atoms in total. The van der Waals surface area contributed by atoms with Crippen LogP contribution in [0.15, 0.2) is 18.2 Å². The molecule has 1 amide bonds. The van der Waals surface area contributed by atoms with Gasteiger partial charge in [-0.3, -0.25) is 4.79 Å². The SMILES string of the molecule is CCCOc1ccc(NC(=O)C(C)(CCC)OCCC)cc1Cl. The largest absolute Gasteiger partial charge is 0.492 e. The Labute approximate surface area is 144 Å². The zero-order valence-electron chi connectivity index (χ0n) is 14.6. The second kappa shape index (κ2) is 9.78. The Morgan fingerprint density at radius 3 is 2.43 bits per heavy atom. The van der Waals surface area contributed by atoms with Crippen LogP contribution in [-0.2, 0) is 9.53 Å². The lowest BCUT2D eigenvalue weighted by molar-refractivity contribution is -0.140. The molecule has 0 radical (unpaired) electrons. The lowest BCUT2D eigenvalue weighted by atomic mass is 9.99. The first-order valence-corrected chi connectivity index (χ1v) is 8.72. The van der Waals surface area contributed by atoms with E-state index < -0.39 is 5.60 Å². The Bertz CT molecular complexity index is 507. The Morgan fingerprint density at radius 1 is 1.17 bits per heavy atom. The van der Waals surface area contributed by atoms with Gasteiger partial charge in [-0.1, -0.05) is 38.8 Å². The number of halogens is 1. The molecule has 1 atom stereocenters. The van der Waals surface area contributed by atoms with Crippen molar-refractivity contribution in [3.8, 4) is 5.75 Å². The Hall–Kier alpha value is -1.26. The highest BCUT2D eigenvalue weighted by molar-refractivity contribution is 6.32. The molecule has 1 rings (SSSR count). The molecule has 0 heterocycles. The first-order chi connectivity index (χ1) is 11.0. The number of hydrogen-bond donors (Lipinski definition) is 1. The van der Waals surface area contributed by atoms with Crippen molar-refractivity contribution in [2.45, 2.75) is 59.0 Å². The van der Waals surface area contributed by atoms with E-state index >= 15 is 0 Å². The molecule has 0 spiro atoms. The average Bonchev–Trinajstić information content (AvgIpc) is 2.52. The molecule has 0 fully saturated rings. The van der Waals surface area contributed by atoms with Gasteiger partial charge in [0, 0.05) is 12.3 Å². The summed E-state index contributed by atoms with van der Waals surface area (Å²) >= 11 is 6.20. The molecule has 0 bridgehead atoms. The maximum absolute atomic E-state index is 12.6. The van der Waals surface area contributed by atoms with Crippen LogP contribution < -0.4 is 10.1 Å². The number of carbonyl (C=O) groups excluding carboxylic acids is 1. The molecule has 0 aliphatic carbocycles. The van der Waals surface area contributed by atoms with Crippen LogP contribution in [0.3, 0.4) is 0 Å². The zero-order valence-corrected chi connectivity index (χ0v) is 15.3. The number of benzene rings is 1. The Balaban J connectivity index is 2.79. The first kappa shape index (κ1) is 19.8. The number of amides is 1. The molecule has 1 N–H and O–H groups in total. The van der Waals surface area contributed by atoms with E-state index in [1.165, 1.54) is 0 Å². The molecule has 23 heavy (non-hydrogen) atoms. The molecular weight excluding hydrogens is 314 g/mol. The molecule has 1 aromatic carbocycles. The molecule has 0 aliphatic heterocycles. The molecule has 0 aliphatic rings. The van der Waals surface area contributed by atoms with Crippen molar-refractivity contribution in [2.75, 3.05) is 18.5 Å². The van der Waals surface area contributed by atoms with E-state index in [1.54, 1.807) is 18.2 Å². The zero-order chi connectivity index (χ0) is 17.3. The van der Waals surface area contributed by atoms with Gasteiger partial charge in [0.15, 0.2) is 0 Å². The fourth-order valence-corrected chi connectivity index (χ4v) is 2.46. The van der Waals surface area contributed by atoms with Crippen LogP contribution in [0, 0.1) is 0 Å². The van der Waals surface area contributed by atoms with Crippen LogP contribution in [0.4, 0.5) is 5.69 Å². The predicted molar refractivity (Wildman–Crippen MR) is 95.4 cm³/mol. The van der Waals surface area contributed by atoms with E-state index in [-0.39, 0.29) is 5.91 Å². The van der Waals surface area contributed by atoms with Crippen molar-refractivity contribution >= 4 is 23.2 Å². The second-order valence-corrected chi connectivity index (χ2v) is 6.18. The minimum absolute atomic E-state index is 0.147. The highest BCUT2D eigenvalue weighted by Gasteiger charge is 2.33. The number of anilines is 1. The summed E-state index contributed by atoms with van der Waals surface area (Å²) in [4.78, 5) is 12.6. The van der Waals surface area contributed by atoms with Gasteiger partial charge in [-0.15, -0.1) is 0 Å². The fraction of sp³-hybridized carbons (Fsp3) is 0.611. The third kappa shape index (κ3) is 6.04. The lowest BCUT2D eigenvalue weighted by Crippen LogP contribution is -2.43. The second-order valence-electron chi connectivity index (χ2n) is 5.78. The summed E-state index contributed by atoms with van der Waals surface area (Å²) in [5.41, 5.74) is -0.180. The van der Waals surface area contributed by atoms with Crippen molar-refractivity contribution in [1.82, 2.24) is 0 Å². The van der Waals surface area contributed by atoms with Crippen LogP contribution in [0.1, 0.15) is 53.4 Å². The van der Waals surface area contributed by atoms with Crippen LogP contribution in [-0.4, -0.2) is 24.7 Å². The van der Waals surface area contributed by atoms with Gasteiger partial charge in [-0.05, 0) is 44.4 Å². The molecular formula is C18H28ClNO3. The van der Waals surface area contributed by atoms with Gasteiger partial charge in [0.1, 0.15) is 11.4 Å². The van der Waals surface area contributed by atoms with Gasteiger partial charge >= 0.3 is 0 Å². The summed E-state index contributed by atoms with van der Waals surface area (Å²) in [5, 5.41) is 3.39. The smallest absolute Gasteiger partial charge is 0.256 e. The number of carbonyl (C=O) groups is 1. The topological polar surface area (TPSA) is 47.6 Å². The molecule has 0 aromatic heterocycles. The third-order valence-electron chi connectivity index (χ3n) is 3.48. The van der Waals surface area contributed by atoms with E-state index in [1.807, 2.05) is 27.7 Å². The van der Waals surface area contributed by atoms with Gasteiger partial charge in [0.05, 0.1) is 11.6 Å². The minimum atomic E-state index is -0.825. The summed E-state index contributed by atoms with van der Waals surface area (Å²) in [5.74, 6) is 0.483. The van der Waals surface area contributed by atoms with Crippen molar-refractivity contribution in [1.29, 1.82) is 0 Å². The van der Waals surface area contributed by atoms with Crippen molar-refractivity contribution < 1.29 is 14.3 Å². The highest BCUT2D eigenvalue weighted by atomic mass is 35.5. The Kier molecular flexibility index (Phi) is 8.42. The number of ether oxygens (including phenoxy) is 2. The highest BCUT2D eigenvalue weighted by Crippen LogP contribution is 2.29. The van der Waals surface area contributed by atoms with Gasteiger partial charge in [-0.25, -0.2) is 0 Å². The normalized spacial score (nSPS) is 13.4. The standard InChI is InChI=1S/C18H28ClNO3/c1-5-10-18(4,23-12-7-3)17(21)20-14-8-9-16(15(19)13-14)22-11-6-2/h8-9,13H,5-7,10-12H2,1-4H3,(H,20,21). The summed E-state index contributed by atoms with van der Waals surface area (Å²) in [6.45, 7) is 9.12. The lowest BCUT2D eigenvalue weighted by Gasteiger charge is -2.28. The van der Waals surface area contributed by atoms with Gasteiger partial charge in [0.2, 0.25) is 0 Å². The van der Waals surface area contributed by atoms with E-state index in [0.29, 0.717) is 36.1 Å². The quantitative estimate of drug-likeness (QED) is 0.647. The van der Waals surface area contributed by atoms with Crippen LogP contribution in [0.5, 0.6) is 5.75 Å². The summed E-state index contributed by atoms with van der Waals surface area (Å²) in [7, 11) is 0. The summed E-state index contributed by atoms with van der Waals surface area (Å²) < 4.78 is 11.3. The van der Waals surface area contributed by atoms with Crippen LogP contribution >= 0.6 is 11.6 Å². The number of rotatable bonds is 10. The Morgan fingerprint density at radius 2 is 1.87 bits per heavy atom. The van der Waals surface area contributed by atoms with Crippen molar-refractivity contribution in [3.63, 3.8) is 0 Å². The van der Waals surface area contributed by atoms with Gasteiger partial charge < -0.3 is 14.8 Å². The first-order valence-electron chi connectivity index (χ1n) is 8.34. The third-order valence-corrected chi connectivity index (χ3v) is 3.78. The number of nitrogens with one attached hydrogen (secondary N) is 1. The van der Waals surface area contributed by atoms with E-state index in [2.05, 4.69) is 5.32 Å². The van der Waals surface area contributed by atoms with E-state index in [4.69, 9.17) is 21.1 Å². The van der Waals surface area contributed by atoms with E-state index in [0.717, 1.165) is 19.3 Å². The summed E-state index contributed by atoms with van der Waals surface area (Å²) in [6.07, 6.45) is 3.34. The maximum atomic E-state index is 12.6. The van der Waals surface area contributed by atoms with Gasteiger partial charge in [0.25, 0.3) is 5.91 Å². The number of hydrogen-bond acceptors (Lipinski definition) is 3. The molecule has 1 unspecified atom stereocenters. The monoisotopic (exact) mass is 341 g/mol. The minimum Gasteiger partial charge on any atom is -0.492 e.